The number of aromatic nitrogens is 1. The second kappa shape index (κ2) is 8.26. The number of nitrogens with one attached hydrogen (secondary N) is 1. The van der Waals surface area contributed by atoms with Crippen LogP contribution in [0.15, 0.2) is 18.3 Å². The minimum Gasteiger partial charge on any atom is -0.466 e. The molecule has 1 saturated heterocycles. The van der Waals surface area contributed by atoms with Crippen LogP contribution in [0.2, 0.25) is 0 Å². The van der Waals surface area contributed by atoms with Crippen LogP contribution in [0.25, 0.3) is 0 Å². The molecule has 2 heterocycles. The fourth-order valence-corrected chi connectivity index (χ4v) is 3.88. The van der Waals surface area contributed by atoms with Crippen LogP contribution in [-0.4, -0.2) is 52.4 Å². The van der Waals surface area contributed by atoms with Gasteiger partial charge in [-0.05, 0) is 28.2 Å². The third-order valence-electron chi connectivity index (χ3n) is 3.41. The van der Waals surface area contributed by atoms with Gasteiger partial charge in [-0.25, -0.2) is 4.31 Å². The summed E-state index contributed by atoms with van der Waals surface area (Å²) in [6, 6.07) is 4.31. The largest absolute Gasteiger partial charge is 0.466 e. The van der Waals surface area contributed by atoms with Crippen molar-refractivity contribution in [3.8, 4) is 0 Å². The van der Waals surface area contributed by atoms with Gasteiger partial charge in [0.05, 0.1) is 13.0 Å². The van der Waals surface area contributed by atoms with Crippen LogP contribution >= 0.6 is 30.3 Å². The van der Waals surface area contributed by atoms with E-state index in [1.165, 1.54) is 5.69 Å². The molecule has 112 valence electrons. The molecule has 1 aromatic heterocycles. The second-order valence-electron chi connectivity index (χ2n) is 4.79. The van der Waals surface area contributed by atoms with Crippen LogP contribution < -0.4 is 0 Å². The predicted molar refractivity (Wildman–Crippen MR) is 89.4 cm³/mol. The van der Waals surface area contributed by atoms with Crippen molar-refractivity contribution in [2.75, 3.05) is 26.2 Å². The van der Waals surface area contributed by atoms with E-state index in [4.69, 9.17) is 4.74 Å². The van der Waals surface area contributed by atoms with Gasteiger partial charge in [0.25, 0.3) is 0 Å². The lowest BCUT2D eigenvalue weighted by Crippen LogP contribution is -2.51. The standard InChI is InChI=1S/C13H20IN3O2S/c1-2-19-13(18)8-12-10-17(20-14)7-6-16(12)9-11-4-3-5-15-11/h3-5,12,15H,2,6-10H2,1H3. The Bertz CT molecular complexity index is 416. The smallest absolute Gasteiger partial charge is 0.307 e. The predicted octanol–water partition coefficient (Wildman–Crippen LogP) is 2.45. The maximum atomic E-state index is 11.8. The second-order valence-corrected chi connectivity index (χ2v) is 6.62. The molecule has 0 amide bonds. The van der Waals surface area contributed by atoms with E-state index in [9.17, 15) is 4.79 Å². The highest BCUT2D eigenvalue weighted by atomic mass is 127. The summed E-state index contributed by atoms with van der Waals surface area (Å²) >= 11 is 2.30. The topological polar surface area (TPSA) is 48.6 Å². The minimum atomic E-state index is -0.103. The molecule has 1 aliphatic heterocycles. The van der Waals surface area contributed by atoms with Crippen LogP contribution in [0.4, 0.5) is 0 Å². The minimum absolute atomic E-state index is 0.103. The Kier molecular flexibility index (Phi) is 6.66. The maximum absolute atomic E-state index is 11.8. The summed E-state index contributed by atoms with van der Waals surface area (Å²) in [5.74, 6) is -0.103. The van der Waals surface area contributed by atoms with Gasteiger partial charge in [-0.1, -0.05) is 0 Å². The molecule has 5 nitrogen and oxygen atoms in total. The Balaban J connectivity index is 1.97. The van der Waals surface area contributed by atoms with E-state index in [1.54, 1.807) is 9.12 Å². The quantitative estimate of drug-likeness (QED) is 0.445. The number of piperazine rings is 1. The fraction of sp³-hybridized carbons (Fsp3) is 0.615. The highest BCUT2D eigenvalue weighted by Gasteiger charge is 2.29. The fourth-order valence-electron chi connectivity index (χ4n) is 2.43. The Morgan fingerprint density at radius 3 is 3.10 bits per heavy atom. The van der Waals surface area contributed by atoms with Crippen LogP contribution in [0.3, 0.4) is 0 Å². The highest BCUT2D eigenvalue weighted by molar-refractivity contribution is 14.2. The van der Waals surface area contributed by atoms with Gasteiger partial charge < -0.3 is 9.72 Å². The number of hydrogen-bond acceptors (Lipinski definition) is 5. The van der Waals surface area contributed by atoms with Gasteiger partial charge in [0, 0.05) is 65.3 Å². The first-order valence-electron chi connectivity index (χ1n) is 6.78. The van der Waals surface area contributed by atoms with E-state index < -0.39 is 0 Å². The summed E-state index contributed by atoms with van der Waals surface area (Å²) in [6.45, 7) is 6.05. The number of nitrogens with zero attached hydrogens (tertiary/aromatic N) is 2. The first-order chi connectivity index (χ1) is 9.72. The Hall–Kier alpha value is -0.250. The number of carbonyl (C=O) groups is 1. The molecular formula is C13H20IN3O2S. The number of ether oxygens (including phenoxy) is 1. The van der Waals surface area contributed by atoms with Gasteiger partial charge in [-0.15, -0.1) is 0 Å². The number of H-pyrrole nitrogens is 1. The molecule has 1 fully saturated rings. The van der Waals surface area contributed by atoms with Crippen molar-refractivity contribution in [2.24, 2.45) is 0 Å². The molecule has 1 N–H and O–H groups in total. The van der Waals surface area contributed by atoms with Crippen LogP contribution in [-0.2, 0) is 16.1 Å². The molecule has 1 aromatic rings. The third kappa shape index (κ3) is 4.64. The van der Waals surface area contributed by atoms with Crippen LogP contribution in [0.1, 0.15) is 19.0 Å². The van der Waals surface area contributed by atoms with Crippen molar-refractivity contribution in [2.45, 2.75) is 25.9 Å². The van der Waals surface area contributed by atoms with E-state index in [1.807, 2.05) is 19.2 Å². The average molecular weight is 409 g/mol. The normalized spacial score (nSPS) is 21.0. The van der Waals surface area contributed by atoms with E-state index in [0.717, 1.165) is 26.2 Å². The number of halogens is 1. The van der Waals surface area contributed by atoms with Gasteiger partial charge in [0.2, 0.25) is 0 Å². The Morgan fingerprint density at radius 2 is 2.45 bits per heavy atom. The lowest BCUT2D eigenvalue weighted by molar-refractivity contribution is -0.145. The average Bonchev–Trinajstić information content (AvgIpc) is 2.94. The van der Waals surface area contributed by atoms with Crippen molar-refractivity contribution in [3.05, 3.63) is 24.0 Å². The van der Waals surface area contributed by atoms with Crippen LogP contribution in [0, 0.1) is 0 Å². The summed E-state index contributed by atoms with van der Waals surface area (Å²) in [6.07, 6.45) is 2.40. The van der Waals surface area contributed by atoms with Crippen molar-refractivity contribution >= 4 is 36.3 Å². The van der Waals surface area contributed by atoms with Gasteiger partial charge in [-0.3, -0.25) is 9.69 Å². The summed E-state index contributed by atoms with van der Waals surface area (Å²) in [4.78, 5) is 17.4. The zero-order valence-corrected chi connectivity index (χ0v) is 14.5. The lowest BCUT2D eigenvalue weighted by atomic mass is 10.1. The highest BCUT2D eigenvalue weighted by Crippen LogP contribution is 2.25. The van der Waals surface area contributed by atoms with Crippen molar-refractivity contribution in [3.63, 3.8) is 0 Å². The number of rotatable bonds is 6. The molecule has 0 saturated carbocycles. The molecule has 7 heteroatoms. The molecule has 1 aliphatic rings. The first kappa shape index (κ1) is 16.1. The van der Waals surface area contributed by atoms with E-state index in [2.05, 4.69) is 41.5 Å². The van der Waals surface area contributed by atoms with Crippen LogP contribution in [0.5, 0.6) is 0 Å². The summed E-state index contributed by atoms with van der Waals surface area (Å²) in [7, 11) is 1.72. The molecule has 0 bridgehead atoms. The first-order valence-corrected chi connectivity index (χ1v) is 10.1. The summed E-state index contributed by atoms with van der Waals surface area (Å²) in [5, 5.41) is 0. The molecule has 0 spiro atoms. The number of aromatic amines is 1. The third-order valence-corrected chi connectivity index (χ3v) is 5.61. The SMILES string of the molecule is CCOC(=O)CC1CN(SI)CCN1Cc1ccc[nH]1. The molecule has 1 unspecified atom stereocenters. The summed E-state index contributed by atoms with van der Waals surface area (Å²) in [5.41, 5.74) is 1.19. The molecule has 1 atom stereocenters. The Labute approximate surface area is 136 Å². The van der Waals surface area contributed by atoms with Crippen molar-refractivity contribution in [1.29, 1.82) is 0 Å². The summed E-state index contributed by atoms with van der Waals surface area (Å²) < 4.78 is 7.40. The van der Waals surface area contributed by atoms with Gasteiger partial charge >= 0.3 is 5.97 Å². The van der Waals surface area contributed by atoms with Crippen molar-refractivity contribution in [1.82, 2.24) is 14.2 Å². The molecule has 20 heavy (non-hydrogen) atoms. The van der Waals surface area contributed by atoms with Crippen molar-refractivity contribution < 1.29 is 9.53 Å². The van der Waals surface area contributed by atoms with Gasteiger partial charge in [0.1, 0.15) is 0 Å². The van der Waals surface area contributed by atoms with E-state index in [-0.39, 0.29) is 12.0 Å². The molecule has 0 radical (unpaired) electrons. The van der Waals surface area contributed by atoms with E-state index in [0.29, 0.717) is 13.0 Å². The zero-order valence-electron chi connectivity index (χ0n) is 11.5. The molecule has 0 aliphatic carbocycles. The van der Waals surface area contributed by atoms with Gasteiger partial charge in [-0.2, -0.15) is 0 Å². The number of carbonyl (C=O) groups excluding carboxylic acids is 1. The molecular weight excluding hydrogens is 389 g/mol. The number of hydrogen-bond donors (Lipinski definition) is 1. The molecule has 0 aromatic carbocycles. The zero-order chi connectivity index (χ0) is 14.4. The maximum Gasteiger partial charge on any atom is 0.307 e. The van der Waals surface area contributed by atoms with Gasteiger partial charge in [0.15, 0.2) is 0 Å². The number of esters is 1. The Morgan fingerprint density at radius 1 is 1.60 bits per heavy atom. The molecule has 2 rings (SSSR count). The lowest BCUT2D eigenvalue weighted by Gasteiger charge is -2.39. The van der Waals surface area contributed by atoms with E-state index >= 15 is 0 Å². The monoisotopic (exact) mass is 409 g/mol.